The molecule has 0 spiro atoms. The molecule has 2 atom stereocenters. The average Bonchev–Trinajstić information content (AvgIpc) is 2.54. The maximum absolute atomic E-state index is 12.9. The van der Waals surface area contributed by atoms with Crippen LogP contribution in [0.5, 0.6) is 0 Å². The molecule has 0 aliphatic heterocycles. The molecule has 0 aromatic carbocycles. The monoisotopic (exact) mass is 538 g/mol. The smallest absolute Gasteiger partial charge is 0.491 e. The summed E-state index contributed by atoms with van der Waals surface area (Å²) in [5.41, 5.74) is 0.439. The summed E-state index contributed by atoms with van der Waals surface area (Å²) in [5.74, 6) is -0.408. The molecule has 32 heavy (non-hydrogen) atoms. The minimum atomic E-state index is -3.66. The molecule has 0 saturated carbocycles. The van der Waals surface area contributed by atoms with Gasteiger partial charge in [0.2, 0.25) is 0 Å². The summed E-state index contributed by atoms with van der Waals surface area (Å²) < 4.78 is 33.7. The van der Waals surface area contributed by atoms with Crippen molar-refractivity contribution in [1.29, 1.82) is 0 Å². The van der Waals surface area contributed by atoms with Gasteiger partial charge >= 0.3 is 23.6 Å². The third-order valence-electron chi connectivity index (χ3n) is 4.78. The zero-order chi connectivity index (χ0) is 25.8. The largest absolute Gasteiger partial charge is 0.639 e. The maximum atomic E-state index is 12.9. The number of carbonyl (C=O) groups is 1. The highest BCUT2D eigenvalue weighted by molar-refractivity contribution is 6.91. The average molecular weight is 539 g/mol. The van der Waals surface area contributed by atoms with E-state index >= 15 is 0 Å². The molecular weight excluding hydrogens is 489 g/mol. The molecule has 0 N–H and O–H groups in total. The highest BCUT2D eigenvalue weighted by Gasteiger charge is 2.63. The molecule has 0 amide bonds. The van der Waals surface area contributed by atoms with E-state index in [1.165, 1.54) is 0 Å². The number of hydrogen-bond donors (Lipinski definition) is 0. The van der Waals surface area contributed by atoms with Gasteiger partial charge in [0.25, 0.3) is 0 Å². The van der Waals surface area contributed by atoms with Crippen molar-refractivity contribution >= 4 is 48.5 Å². The first kappa shape index (κ1) is 32.1. The Bertz CT molecular complexity index is 585. The van der Waals surface area contributed by atoms with Crippen molar-refractivity contribution in [3.05, 3.63) is 12.2 Å². The van der Waals surface area contributed by atoms with Gasteiger partial charge in [0.05, 0.1) is 0 Å². The van der Waals surface area contributed by atoms with Crippen LogP contribution >= 0.6 is 0 Å². The fourth-order valence-corrected chi connectivity index (χ4v) is 21.7. The maximum Gasteiger partial charge on any atom is 0.639 e. The van der Waals surface area contributed by atoms with E-state index in [4.69, 9.17) is 20.9 Å². The number of carbonyl (C=O) groups excluding carboxylic acids is 1. The molecule has 6 nitrogen and oxygen atoms in total. The molecule has 0 aromatic rings. The summed E-state index contributed by atoms with van der Waals surface area (Å²) in [6.45, 7) is 33.0. The second kappa shape index (κ2) is 11.7. The minimum absolute atomic E-state index is 0.0355. The lowest BCUT2D eigenvalue weighted by atomic mass is 10.3. The third kappa shape index (κ3) is 10.6. The van der Waals surface area contributed by atoms with Gasteiger partial charge in [0.15, 0.2) is 25.0 Å². The topological polar surface area (TPSA) is 63.2 Å². The minimum Gasteiger partial charge on any atom is -0.491 e. The van der Waals surface area contributed by atoms with Crippen molar-refractivity contribution in [3.8, 4) is 0 Å². The SMILES string of the molecule is C=C(C)C(=O)O[Si](O[Si](O[Si](C)(C)C)(O[Si](C)(C)C)O[Si](C)(C)C)(C(C)CC)C(C)CC. The first-order valence-electron chi connectivity index (χ1n) is 11.8. The van der Waals surface area contributed by atoms with Crippen LogP contribution in [0.15, 0.2) is 12.2 Å². The van der Waals surface area contributed by atoms with Gasteiger partial charge in [0, 0.05) is 16.7 Å². The molecule has 0 bridgehead atoms. The van der Waals surface area contributed by atoms with Crippen molar-refractivity contribution in [1.82, 2.24) is 0 Å². The molecule has 190 valence electrons. The molecule has 0 aliphatic rings. The Morgan fingerprint density at radius 3 is 1.25 bits per heavy atom. The van der Waals surface area contributed by atoms with Crippen molar-refractivity contribution < 1.29 is 25.7 Å². The lowest BCUT2D eigenvalue weighted by Crippen LogP contribution is -2.69. The van der Waals surface area contributed by atoms with Crippen LogP contribution < -0.4 is 0 Å². The molecule has 0 rings (SSSR count). The van der Waals surface area contributed by atoms with Crippen LogP contribution in [0.3, 0.4) is 0 Å². The van der Waals surface area contributed by atoms with Crippen LogP contribution in [0.4, 0.5) is 0 Å². The normalized spacial score (nSPS) is 17.4. The number of hydrogen-bond acceptors (Lipinski definition) is 6. The Morgan fingerprint density at radius 2 is 1.03 bits per heavy atom. The fraction of sp³-hybridized carbons (Fsp3) is 0.857. The van der Waals surface area contributed by atoms with E-state index in [2.05, 4.69) is 93.2 Å². The van der Waals surface area contributed by atoms with Gasteiger partial charge in [-0.2, -0.15) is 0 Å². The molecule has 11 heteroatoms. The lowest BCUT2D eigenvalue weighted by molar-refractivity contribution is -0.132. The highest BCUT2D eigenvalue weighted by atomic mass is 28.5. The summed E-state index contributed by atoms with van der Waals surface area (Å²) >= 11 is 0. The summed E-state index contributed by atoms with van der Waals surface area (Å²) in [6, 6.07) is 0. The second-order valence-corrected chi connectivity index (χ2v) is 32.3. The summed E-state index contributed by atoms with van der Waals surface area (Å²) in [4.78, 5) is 12.9. The predicted octanol–water partition coefficient (Wildman–Crippen LogP) is 7.15. The Balaban J connectivity index is 7.01. The first-order chi connectivity index (χ1) is 14.1. The number of rotatable bonds is 14. The molecular formula is C21H50O6Si5. The van der Waals surface area contributed by atoms with Crippen molar-refractivity contribution in [2.45, 2.75) is 117 Å². The Hall–Kier alpha value is 0.134. The van der Waals surface area contributed by atoms with Gasteiger partial charge in [-0.3, -0.25) is 0 Å². The van der Waals surface area contributed by atoms with Gasteiger partial charge in [-0.05, 0) is 65.8 Å². The van der Waals surface area contributed by atoms with E-state index in [9.17, 15) is 4.79 Å². The second-order valence-electron chi connectivity index (χ2n) is 11.8. The molecule has 0 heterocycles. The van der Waals surface area contributed by atoms with Gasteiger partial charge < -0.3 is 20.9 Å². The Labute approximate surface area is 203 Å². The van der Waals surface area contributed by atoms with E-state index in [0.29, 0.717) is 5.57 Å². The van der Waals surface area contributed by atoms with E-state index < -0.39 is 48.5 Å². The van der Waals surface area contributed by atoms with Crippen LogP contribution in [-0.2, 0) is 25.7 Å². The predicted molar refractivity (Wildman–Crippen MR) is 146 cm³/mol. The first-order valence-corrected chi connectivity index (χ1v) is 25.6. The third-order valence-corrected chi connectivity index (χ3v) is 21.5. The fourth-order valence-electron chi connectivity index (χ4n) is 3.16. The molecule has 0 saturated heterocycles. The van der Waals surface area contributed by atoms with Crippen molar-refractivity contribution in [2.24, 2.45) is 0 Å². The summed E-state index contributed by atoms with van der Waals surface area (Å²) in [6.07, 6.45) is 1.63. The van der Waals surface area contributed by atoms with Gasteiger partial charge in [-0.1, -0.05) is 47.1 Å². The van der Waals surface area contributed by atoms with E-state index in [-0.39, 0.29) is 11.1 Å². The van der Waals surface area contributed by atoms with E-state index in [0.717, 1.165) is 12.8 Å². The quantitative estimate of drug-likeness (QED) is 0.173. The molecule has 0 radical (unpaired) electrons. The molecule has 0 aromatic heterocycles. The Morgan fingerprint density at radius 1 is 0.719 bits per heavy atom. The van der Waals surface area contributed by atoms with E-state index in [1.807, 2.05) is 0 Å². The van der Waals surface area contributed by atoms with Crippen LogP contribution in [0.25, 0.3) is 0 Å². The standard InChI is InChI=1S/C21H50O6Si5/c1-16-19(5)31(20(6)17-2,23-21(22)18(3)4)27-32(24-28(7,8)9,25-29(10,11)12)26-30(13,14)15/h19-20H,3,16-17H2,1-2,4-15H3. The van der Waals surface area contributed by atoms with Gasteiger partial charge in [-0.15, -0.1) is 0 Å². The summed E-state index contributed by atoms with van der Waals surface area (Å²) in [5, 5.41) is 0. The van der Waals surface area contributed by atoms with Gasteiger partial charge in [0.1, 0.15) is 0 Å². The zero-order valence-corrected chi connectivity index (χ0v) is 28.2. The van der Waals surface area contributed by atoms with Crippen LogP contribution in [0.1, 0.15) is 47.5 Å². The van der Waals surface area contributed by atoms with Crippen LogP contribution in [0, 0.1) is 0 Å². The lowest BCUT2D eigenvalue weighted by Gasteiger charge is -2.48. The molecule has 0 aliphatic carbocycles. The molecule has 2 unspecified atom stereocenters. The highest BCUT2D eigenvalue weighted by Crippen LogP contribution is 2.43. The zero-order valence-electron chi connectivity index (χ0n) is 23.2. The van der Waals surface area contributed by atoms with Crippen molar-refractivity contribution in [3.63, 3.8) is 0 Å². The van der Waals surface area contributed by atoms with Crippen molar-refractivity contribution in [2.75, 3.05) is 0 Å². The Kier molecular flexibility index (Phi) is 11.8. The van der Waals surface area contributed by atoms with E-state index in [1.54, 1.807) is 6.92 Å². The summed E-state index contributed by atoms with van der Waals surface area (Å²) in [7, 11) is -13.3. The molecule has 0 fully saturated rings. The van der Waals surface area contributed by atoms with Crippen LogP contribution in [0.2, 0.25) is 70.0 Å². The van der Waals surface area contributed by atoms with Gasteiger partial charge in [-0.25, -0.2) is 4.79 Å². The van der Waals surface area contributed by atoms with Crippen LogP contribution in [-0.4, -0.2) is 48.5 Å².